The standard InChI is InChI=1S/C18H29N3O4S/c1-14-12-16(25-4)8-9-17(14)19-18(22)10-7-15-6-5-11-21(13-15)26(23,24)20(2)3/h8-9,12,15H,5-7,10-11,13H2,1-4H3,(H,19,22). The van der Waals surface area contributed by atoms with E-state index in [1.54, 1.807) is 21.2 Å². The van der Waals surface area contributed by atoms with E-state index in [4.69, 9.17) is 4.74 Å². The van der Waals surface area contributed by atoms with E-state index in [0.717, 1.165) is 29.8 Å². The van der Waals surface area contributed by atoms with Crippen LogP contribution >= 0.6 is 0 Å². The molecule has 0 bridgehead atoms. The van der Waals surface area contributed by atoms with E-state index in [-0.39, 0.29) is 11.8 Å². The van der Waals surface area contributed by atoms with Gasteiger partial charge in [0.15, 0.2) is 0 Å². The normalized spacial score (nSPS) is 18.7. The molecule has 1 N–H and O–H groups in total. The van der Waals surface area contributed by atoms with Crippen LogP contribution in [0.5, 0.6) is 5.75 Å². The minimum Gasteiger partial charge on any atom is -0.497 e. The first-order valence-electron chi connectivity index (χ1n) is 8.86. The zero-order valence-electron chi connectivity index (χ0n) is 16.0. The molecule has 8 heteroatoms. The van der Waals surface area contributed by atoms with Gasteiger partial charge in [0, 0.05) is 39.3 Å². The molecule has 0 radical (unpaired) electrons. The summed E-state index contributed by atoms with van der Waals surface area (Å²) in [7, 11) is 1.32. The number of nitrogens with zero attached hydrogens (tertiary/aromatic N) is 2. The molecule has 1 aromatic carbocycles. The lowest BCUT2D eigenvalue weighted by atomic mass is 9.94. The third-order valence-electron chi connectivity index (χ3n) is 4.76. The Hall–Kier alpha value is -1.64. The Kier molecular flexibility index (Phi) is 7.02. The van der Waals surface area contributed by atoms with Crippen molar-refractivity contribution in [3.8, 4) is 5.75 Å². The highest BCUT2D eigenvalue weighted by atomic mass is 32.2. The predicted molar refractivity (Wildman–Crippen MR) is 102 cm³/mol. The number of nitrogens with one attached hydrogen (secondary N) is 1. The molecule has 0 aromatic heterocycles. The molecule has 2 rings (SSSR count). The number of methoxy groups -OCH3 is 1. The lowest BCUT2D eigenvalue weighted by molar-refractivity contribution is -0.116. The van der Waals surface area contributed by atoms with Gasteiger partial charge in [0.2, 0.25) is 5.91 Å². The highest BCUT2D eigenvalue weighted by molar-refractivity contribution is 7.86. The monoisotopic (exact) mass is 383 g/mol. The van der Waals surface area contributed by atoms with Gasteiger partial charge in [0.1, 0.15) is 5.75 Å². The van der Waals surface area contributed by atoms with Gasteiger partial charge in [-0.2, -0.15) is 17.0 Å². The first-order valence-corrected chi connectivity index (χ1v) is 10.3. The Morgan fingerprint density at radius 2 is 2.12 bits per heavy atom. The molecule has 1 aliphatic rings. The van der Waals surface area contributed by atoms with Gasteiger partial charge in [-0.3, -0.25) is 4.79 Å². The van der Waals surface area contributed by atoms with E-state index >= 15 is 0 Å². The molecule has 0 spiro atoms. The molecule has 146 valence electrons. The van der Waals surface area contributed by atoms with E-state index in [0.29, 0.717) is 25.9 Å². The molecule has 1 aliphatic heterocycles. The summed E-state index contributed by atoms with van der Waals surface area (Å²) in [5.41, 5.74) is 1.72. The van der Waals surface area contributed by atoms with Gasteiger partial charge in [0.25, 0.3) is 10.2 Å². The van der Waals surface area contributed by atoms with E-state index < -0.39 is 10.2 Å². The number of benzene rings is 1. The number of hydrogen-bond acceptors (Lipinski definition) is 4. The van der Waals surface area contributed by atoms with E-state index in [9.17, 15) is 13.2 Å². The van der Waals surface area contributed by atoms with Gasteiger partial charge in [-0.15, -0.1) is 0 Å². The Labute approximate surface area is 156 Å². The summed E-state index contributed by atoms with van der Waals surface area (Å²) in [6, 6.07) is 5.52. The fourth-order valence-electron chi connectivity index (χ4n) is 3.15. The average molecular weight is 384 g/mol. The zero-order valence-corrected chi connectivity index (χ0v) is 16.8. The van der Waals surface area contributed by atoms with Crippen LogP contribution in [-0.4, -0.2) is 57.2 Å². The number of ether oxygens (including phenoxy) is 1. The highest BCUT2D eigenvalue weighted by Gasteiger charge is 2.30. The minimum atomic E-state index is -3.38. The van der Waals surface area contributed by atoms with E-state index in [1.165, 1.54) is 8.61 Å². The molecule has 26 heavy (non-hydrogen) atoms. The summed E-state index contributed by atoms with van der Waals surface area (Å²) in [6.07, 6.45) is 2.84. The third-order valence-corrected chi connectivity index (χ3v) is 6.66. The third kappa shape index (κ3) is 5.18. The van der Waals surface area contributed by atoms with Crippen LogP contribution in [0, 0.1) is 12.8 Å². The number of rotatable bonds is 7. The van der Waals surface area contributed by atoms with Gasteiger partial charge in [0.05, 0.1) is 7.11 Å². The fraction of sp³-hybridized carbons (Fsp3) is 0.611. The number of anilines is 1. The second-order valence-electron chi connectivity index (χ2n) is 6.92. The van der Waals surface area contributed by atoms with Crippen LogP contribution in [0.15, 0.2) is 18.2 Å². The number of hydrogen-bond donors (Lipinski definition) is 1. The Morgan fingerprint density at radius 3 is 2.73 bits per heavy atom. The maximum absolute atomic E-state index is 12.3. The number of piperidine rings is 1. The second-order valence-corrected chi connectivity index (χ2v) is 9.07. The van der Waals surface area contributed by atoms with E-state index in [1.807, 2.05) is 25.1 Å². The fourth-order valence-corrected chi connectivity index (χ4v) is 4.38. The molecule has 1 amide bonds. The van der Waals surface area contributed by atoms with Crippen LogP contribution in [0.4, 0.5) is 5.69 Å². The minimum absolute atomic E-state index is 0.0501. The summed E-state index contributed by atoms with van der Waals surface area (Å²) in [4.78, 5) is 12.3. The van der Waals surface area contributed by atoms with Crippen LogP contribution in [0.25, 0.3) is 0 Å². The van der Waals surface area contributed by atoms with Crippen molar-refractivity contribution in [2.24, 2.45) is 5.92 Å². The average Bonchev–Trinajstić information content (AvgIpc) is 2.61. The van der Waals surface area contributed by atoms with Crippen LogP contribution in [0.1, 0.15) is 31.2 Å². The van der Waals surface area contributed by atoms with Gasteiger partial charge >= 0.3 is 0 Å². The summed E-state index contributed by atoms with van der Waals surface area (Å²) >= 11 is 0. The van der Waals surface area contributed by atoms with Crippen molar-refractivity contribution < 1.29 is 17.9 Å². The largest absolute Gasteiger partial charge is 0.497 e. The SMILES string of the molecule is COc1ccc(NC(=O)CCC2CCCN(S(=O)(=O)N(C)C)C2)c(C)c1. The van der Waals surface area contributed by atoms with Crippen LogP contribution in [0.3, 0.4) is 0 Å². The van der Waals surface area contributed by atoms with Crippen LogP contribution in [-0.2, 0) is 15.0 Å². The quantitative estimate of drug-likeness (QED) is 0.783. The number of carbonyl (C=O) groups excluding carboxylic acids is 1. The molecule has 7 nitrogen and oxygen atoms in total. The van der Waals surface area contributed by atoms with Crippen LogP contribution < -0.4 is 10.1 Å². The van der Waals surface area contributed by atoms with Gasteiger partial charge in [-0.25, -0.2) is 0 Å². The Balaban J connectivity index is 1.87. The van der Waals surface area contributed by atoms with Gasteiger partial charge in [-0.05, 0) is 55.9 Å². The summed E-state index contributed by atoms with van der Waals surface area (Å²) in [5.74, 6) is 0.914. The summed E-state index contributed by atoms with van der Waals surface area (Å²) < 4.78 is 32.5. The molecule has 0 aliphatic carbocycles. The van der Waals surface area contributed by atoms with Crippen molar-refractivity contribution in [3.05, 3.63) is 23.8 Å². The van der Waals surface area contributed by atoms with Crippen molar-refractivity contribution in [1.82, 2.24) is 8.61 Å². The Bertz CT molecular complexity index is 734. The molecule has 1 unspecified atom stereocenters. The molecular formula is C18H29N3O4S. The van der Waals surface area contributed by atoms with Gasteiger partial charge in [-0.1, -0.05) is 0 Å². The van der Waals surface area contributed by atoms with Crippen molar-refractivity contribution in [2.45, 2.75) is 32.6 Å². The molecule has 1 saturated heterocycles. The maximum atomic E-state index is 12.3. The molecular weight excluding hydrogens is 354 g/mol. The molecule has 0 saturated carbocycles. The Morgan fingerprint density at radius 1 is 1.38 bits per heavy atom. The predicted octanol–water partition coefficient (Wildman–Crippen LogP) is 2.24. The number of aryl methyl sites for hydroxylation is 1. The molecule has 1 aromatic rings. The van der Waals surface area contributed by atoms with Gasteiger partial charge < -0.3 is 10.1 Å². The molecule has 1 heterocycles. The number of carbonyl (C=O) groups is 1. The van der Waals surface area contributed by atoms with Crippen molar-refractivity contribution in [1.29, 1.82) is 0 Å². The lowest BCUT2D eigenvalue weighted by Crippen LogP contribution is -2.45. The molecule has 1 atom stereocenters. The maximum Gasteiger partial charge on any atom is 0.281 e. The topological polar surface area (TPSA) is 79.0 Å². The first-order chi connectivity index (χ1) is 12.2. The highest BCUT2D eigenvalue weighted by Crippen LogP contribution is 2.25. The first kappa shape index (κ1) is 20.7. The zero-order chi connectivity index (χ0) is 19.3. The summed E-state index contributed by atoms with van der Waals surface area (Å²) in [5, 5.41) is 2.93. The molecule has 1 fully saturated rings. The van der Waals surface area contributed by atoms with Crippen LogP contribution in [0.2, 0.25) is 0 Å². The number of amides is 1. The van der Waals surface area contributed by atoms with Crippen molar-refractivity contribution >= 4 is 21.8 Å². The second kappa shape index (κ2) is 8.83. The van der Waals surface area contributed by atoms with E-state index in [2.05, 4.69) is 5.32 Å². The van der Waals surface area contributed by atoms with Crippen molar-refractivity contribution in [3.63, 3.8) is 0 Å². The smallest absolute Gasteiger partial charge is 0.281 e. The summed E-state index contributed by atoms with van der Waals surface area (Å²) in [6.45, 7) is 2.95. The lowest BCUT2D eigenvalue weighted by Gasteiger charge is -2.33. The van der Waals surface area contributed by atoms with Crippen molar-refractivity contribution in [2.75, 3.05) is 39.6 Å².